The molecule has 0 amide bonds. The molecule has 2 rings (SSSR count). The first-order valence-corrected chi connectivity index (χ1v) is 7.02. The molecule has 0 fully saturated rings. The van der Waals surface area contributed by atoms with Gasteiger partial charge in [0.2, 0.25) is 0 Å². The molecule has 0 aliphatic rings. The molecule has 0 saturated heterocycles. The molecule has 1 atom stereocenters. The van der Waals surface area contributed by atoms with E-state index in [1.54, 1.807) is 6.92 Å². The number of halogens is 3. The molecule has 108 valence electrons. The number of alkyl halides is 3. The summed E-state index contributed by atoms with van der Waals surface area (Å²) in [5.74, 6) is 0. The Kier molecular flexibility index (Phi) is 4.04. The summed E-state index contributed by atoms with van der Waals surface area (Å²) >= 11 is 1.52. The van der Waals surface area contributed by atoms with E-state index in [2.05, 4.69) is 10.3 Å². The Balaban J connectivity index is 2.24. The number of benzene rings is 1. The molecule has 1 unspecified atom stereocenters. The molecular weight excluding hydrogens is 285 g/mol. The average molecular weight is 300 g/mol. The van der Waals surface area contributed by atoms with Gasteiger partial charge in [-0.25, -0.2) is 4.98 Å². The lowest BCUT2D eigenvalue weighted by molar-refractivity contribution is -0.137. The first kappa shape index (κ1) is 14.8. The Morgan fingerprint density at radius 2 is 1.95 bits per heavy atom. The SMILES string of the molecule is Cc1nc(C(C)Nc2cc(C(F)(F)F)ccc2C)cs1. The molecule has 0 bridgehead atoms. The molecule has 0 saturated carbocycles. The van der Waals surface area contributed by atoms with Crippen LogP contribution in [0, 0.1) is 13.8 Å². The van der Waals surface area contributed by atoms with E-state index in [1.165, 1.54) is 17.4 Å². The number of rotatable bonds is 3. The fourth-order valence-corrected chi connectivity index (χ4v) is 2.55. The number of nitrogens with zero attached hydrogens (tertiary/aromatic N) is 1. The van der Waals surface area contributed by atoms with Crippen molar-refractivity contribution in [2.45, 2.75) is 33.0 Å². The van der Waals surface area contributed by atoms with Crippen molar-refractivity contribution in [3.63, 3.8) is 0 Å². The third-order valence-electron chi connectivity index (χ3n) is 3.02. The summed E-state index contributed by atoms with van der Waals surface area (Å²) in [6.45, 7) is 5.56. The zero-order chi connectivity index (χ0) is 14.9. The van der Waals surface area contributed by atoms with Gasteiger partial charge in [-0.15, -0.1) is 11.3 Å². The fourth-order valence-electron chi connectivity index (χ4n) is 1.84. The van der Waals surface area contributed by atoms with E-state index in [0.717, 1.165) is 28.4 Å². The predicted molar refractivity (Wildman–Crippen MR) is 75.1 cm³/mol. The molecule has 1 N–H and O–H groups in total. The van der Waals surface area contributed by atoms with Crippen LogP contribution >= 0.6 is 11.3 Å². The van der Waals surface area contributed by atoms with E-state index in [1.807, 2.05) is 19.2 Å². The van der Waals surface area contributed by atoms with Crippen LogP contribution in [-0.4, -0.2) is 4.98 Å². The molecule has 1 heterocycles. The summed E-state index contributed by atoms with van der Waals surface area (Å²) in [5.41, 5.74) is 1.45. The van der Waals surface area contributed by atoms with Crippen molar-refractivity contribution in [3.05, 3.63) is 45.4 Å². The van der Waals surface area contributed by atoms with Crippen LogP contribution in [-0.2, 0) is 6.18 Å². The second-order valence-electron chi connectivity index (χ2n) is 4.68. The van der Waals surface area contributed by atoms with Crippen LogP contribution in [0.3, 0.4) is 0 Å². The van der Waals surface area contributed by atoms with Gasteiger partial charge in [0, 0.05) is 11.1 Å². The van der Waals surface area contributed by atoms with Crippen LogP contribution in [0.2, 0.25) is 0 Å². The lowest BCUT2D eigenvalue weighted by Gasteiger charge is -2.17. The van der Waals surface area contributed by atoms with E-state index in [0.29, 0.717) is 5.69 Å². The van der Waals surface area contributed by atoms with Gasteiger partial charge < -0.3 is 5.32 Å². The maximum Gasteiger partial charge on any atom is 0.416 e. The first-order valence-electron chi connectivity index (χ1n) is 6.14. The van der Waals surface area contributed by atoms with Crippen LogP contribution in [0.5, 0.6) is 0 Å². The van der Waals surface area contributed by atoms with E-state index >= 15 is 0 Å². The van der Waals surface area contributed by atoms with E-state index in [-0.39, 0.29) is 6.04 Å². The Labute approximate surface area is 119 Å². The van der Waals surface area contributed by atoms with Crippen molar-refractivity contribution in [1.82, 2.24) is 4.98 Å². The second kappa shape index (κ2) is 5.44. The standard InChI is InChI=1S/C14H15F3N2S/c1-8-4-5-11(14(15,16)17)6-12(8)18-9(2)13-7-20-10(3)19-13/h4-7,9,18H,1-3H3. The lowest BCUT2D eigenvalue weighted by atomic mass is 10.1. The highest BCUT2D eigenvalue weighted by molar-refractivity contribution is 7.09. The minimum absolute atomic E-state index is 0.137. The molecule has 6 heteroatoms. The Morgan fingerprint density at radius 1 is 1.25 bits per heavy atom. The summed E-state index contributed by atoms with van der Waals surface area (Å²) in [4.78, 5) is 4.34. The number of thiazole rings is 1. The summed E-state index contributed by atoms with van der Waals surface area (Å²) < 4.78 is 38.2. The zero-order valence-electron chi connectivity index (χ0n) is 11.4. The number of hydrogen-bond donors (Lipinski definition) is 1. The molecular formula is C14H15F3N2S. The molecule has 1 aromatic heterocycles. The highest BCUT2D eigenvalue weighted by atomic mass is 32.1. The summed E-state index contributed by atoms with van der Waals surface area (Å²) in [5, 5.41) is 5.95. The molecule has 2 aromatic rings. The molecule has 0 aliphatic carbocycles. The average Bonchev–Trinajstić information content (AvgIpc) is 2.77. The predicted octanol–water partition coefficient (Wildman–Crippen LogP) is 4.95. The quantitative estimate of drug-likeness (QED) is 0.867. The van der Waals surface area contributed by atoms with Gasteiger partial charge in [0.05, 0.1) is 22.3 Å². The van der Waals surface area contributed by atoms with Crippen molar-refractivity contribution in [3.8, 4) is 0 Å². The largest absolute Gasteiger partial charge is 0.416 e. The number of nitrogens with one attached hydrogen (secondary N) is 1. The van der Waals surface area contributed by atoms with Gasteiger partial charge in [0.25, 0.3) is 0 Å². The maximum atomic E-state index is 12.7. The Morgan fingerprint density at radius 3 is 2.50 bits per heavy atom. The van der Waals surface area contributed by atoms with E-state index < -0.39 is 11.7 Å². The van der Waals surface area contributed by atoms with Crippen molar-refractivity contribution in [2.24, 2.45) is 0 Å². The van der Waals surface area contributed by atoms with Gasteiger partial charge in [-0.1, -0.05) is 6.07 Å². The summed E-state index contributed by atoms with van der Waals surface area (Å²) in [6.07, 6.45) is -4.33. The van der Waals surface area contributed by atoms with Gasteiger partial charge in [-0.05, 0) is 38.5 Å². The Hall–Kier alpha value is -1.56. The number of aromatic nitrogens is 1. The highest BCUT2D eigenvalue weighted by Gasteiger charge is 2.30. The maximum absolute atomic E-state index is 12.7. The van der Waals surface area contributed by atoms with Gasteiger partial charge in [0.1, 0.15) is 0 Å². The third kappa shape index (κ3) is 3.30. The van der Waals surface area contributed by atoms with Crippen molar-refractivity contribution in [1.29, 1.82) is 0 Å². The molecule has 0 radical (unpaired) electrons. The molecule has 1 aromatic carbocycles. The topological polar surface area (TPSA) is 24.9 Å². The van der Waals surface area contributed by atoms with Crippen molar-refractivity contribution < 1.29 is 13.2 Å². The van der Waals surface area contributed by atoms with Crippen molar-refractivity contribution >= 4 is 17.0 Å². The summed E-state index contributed by atoms with van der Waals surface area (Å²) in [7, 11) is 0. The minimum atomic E-state index is -4.33. The molecule has 2 nitrogen and oxygen atoms in total. The van der Waals surface area contributed by atoms with Crippen LogP contribution in [0.4, 0.5) is 18.9 Å². The summed E-state index contributed by atoms with van der Waals surface area (Å²) in [6, 6.07) is 3.58. The zero-order valence-corrected chi connectivity index (χ0v) is 12.2. The number of anilines is 1. The van der Waals surface area contributed by atoms with Gasteiger partial charge in [-0.3, -0.25) is 0 Å². The molecule has 0 spiro atoms. The molecule has 0 aliphatic heterocycles. The smallest absolute Gasteiger partial charge is 0.377 e. The van der Waals surface area contributed by atoms with Crippen LogP contribution in [0.25, 0.3) is 0 Å². The van der Waals surface area contributed by atoms with Crippen LogP contribution < -0.4 is 5.32 Å². The lowest BCUT2D eigenvalue weighted by Crippen LogP contribution is -2.11. The van der Waals surface area contributed by atoms with Gasteiger partial charge >= 0.3 is 6.18 Å². The van der Waals surface area contributed by atoms with E-state index in [4.69, 9.17) is 0 Å². The molecule has 20 heavy (non-hydrogen) atoms. The van der Waals surface area contributed by atoms with Gasteiger partial charge in [0.15, 0.2) is 0 Å². The fraction of sp³-hybridized carbons (Fsp3) is 0.357. The first-order chi connectivity index (χ1) is 9.27. The number of aryl methyl sites for hydroxylation is 2. The Bertz CT molecular complexity index is 605. The van der Waals surface area contributed by atoms with E-state index in [9.17, 15) is 13.2 Å². The number of hydrogen-bond acceptors (Lipinski definition) is 3. The second-order valence-corrected chi connectivity index (χ2v) is 5.75. The van der Waals surface area contributed by atoms with Crippen molar-refractivity contribution in [2.75, 3.05) is 5.32 Å². The third-order valence-corrected chi connectivity index (χ3v) is 3.81. The monoisotopic (exact) mass is 300 g/mol. The van der Waals surface area contributed by atoms with Crippen LogP contribution in [0.15, 0.2) is 23.6 Å². The highest BCUT2D eigenvalue weighted by Crippen LogP contribution is 2.33. The van der Waals surface area contributed by atoms with Crippen LogP contribution in [0.1, 0.15) is 34.8 Å². The van der Waals surface area contributed by atoms with Gasteiger partial charge in [-0.2, -0.15) is 13.2 Å². The normalized spacial score (nSPS) is 13.3. The minimum Gasteiger partial charge on any atom is -0.377 e.